The lowest BCUT2D eigenvalue weighted by molar-refractivity contribution is 1.36. The van der Waals surface area contributed by atoms with Crippen molar-refractivity contribution in [3.8, 4) is 0 Å². The Morgan fingerprint density at radius 2 is 2.36 bits per heavy atom. The van der Waals surface area contributed by atoms with E-state index in [1.54, 1.807) is 11.3 Å². The zero-order valence-corrected chi connectivity index (χ0v) is 7.56. The van der Waals surface area contributed by atoms with E-state index < -0.39 is 0 Å². The van der Waals surface area contributed by atoms with Crippen molar-refractivity contribution in [3.05, 3.63) is 34.8 Å². The molecule has 1 heterocycles. The van der Waals surface area contributed by atoms with E-state index in [1.165, 1.54) is 5.57 Å². The largest absolute Gasteiger partial charge is 0.245 e. The summed E-state index contributed by atoms with van der Waals surface area (Å²) >= 11 is 1.62. The molecule has 1 aromatic heterocycles. The van der Waals surface area contributed by atoms with Crippen molar-refractivity contribution in [2.24, 2.45) is 0 Å². The van der Waals surface area contributed by atoms with E-state index in [2.05, 4.69) is 22.5 Å². The van der Waals surface area contributed by atoms with Gasteiger partial charge in [0.15, 0.2) is 0 Å². The quantitative estimate of drug-likeness (QED) is 0.613. The molecule has 0 N–H and O–H groups in total. The van der Waals surface area contributed by atoms with Gasteiger partial charge in [-0.1, -0.05) is 18.2 Å². The molecule has 0 saturated heterocycles. The van der Waals surface area contributed by atoms with Gasteiger partial charge >= 0.3 is 0 Å². The van der Waals surface area contributed by atoms with Crippen LogP contribution in [0.5, 0.6) is 0 Å². The van der Waals surface area contributed by atoms with Crippen LogP contribution < -0.4 is 0 Å². The first-order valence-corrected chi connectivity index (χ1v) is 4.50. The highest BCUT2D eigenvalue weighted by Crippen LogP contribution is 2.14. The molecule has 0 amide bonds. The second-order valence-electron chi connectivity index (χ2n) is 2.12. The molecule has 1 nitrogen and oxygen atoms in total. The van der Waals surface area contributed by atoms with E-state index in [4.69, 9.17) is 0 Å². The Morgan fingerprint density at radius 1 is 1.55 bits per heavy atom. The third kappa shape index (κ3) is 2.02. The summed E-state index contributed by atoms with van der Waals surface area (Å²) in [6, 6.07) is 0. The molecule has 0 spiro atoms. The van der Waals surface area contributed by atoms with Crippen LogP contribution in [0.4, 0.5) is 0 Å². The number of hydrogen-bond donors (Lipinski definition) is 0. The van der Waals surface area contributed by atoms with Gasteiger partial charge in [0.25, 0.3) is 0 Å². The van der Waals surface area contributed by atoms with Gasteiger partial charge < -0.3 is 0 Å². The van der Waals surface area contributed by atoms with Gasteiger partial charge in [-0.15, -0.1) is 11.3 Å². The van der Waals surface area contributed by atoms with Crippen LogP contribution in [0.15, 0.2) is 29.1 Å². The molecule has 0 radical (unpaired) electrons. The SMILES string of the molecule is C/C=C\C(=C/C)c1cscn1. The molecular formula is C9H11NS. The molecule has 2 heteroatoms. The number of aromatic nitrogens is 1. The van der Waals surface area contributed by atoms with Crippen molar-refractivity contribution in [1.29, 1.82) is 0 Å². The van der Waals surface area contributed by atoms with E-state index >= 15 is 0 Å². The molecule has 0 atom stereocenters. The summed E-state index contributed by atoms with van der Waals surface area (Å²) in [4.78, 5) is 4.20. The molecule has 0 saturated carbocycles. The van der Waals surface area contributed by atoms with Gasteiger partial charge in [-0.05, 0) is 19.4 Å². The number of allylic oxidation sites excluding steroid dienone is 4. The molecule has 11 heavy (non-hydrogen) atoms. The van der Waals surface area contributed by atoms with Crippen LogP contribution in [-0.4, -0.2) is 4.98 Å². The smallest absolute Gasteiger partial charge is 0.0807 e. The predicted molar refractivity (Wildman–Crippen MR) is 50.6 cm³/mol. The minimum absolute atomic E-state index is 1.07. The van der Waals surface area contributed by atoms with Crippen LogP contribution in [0.25, 0.3) is 5.57 Å². The van der Waals surface area contributed by atoms with Gasteiger partial charge in [0.05, 0.1) is 11.2 Å². The summed E-state index contributed by atoms with van der Waals surface area (Å²) in [6.07, 6.45) is 6.15. The Kier molecular flexibility index (Phi) is 3.05. The van der Waals surface area contributed by atoms with E-state index in [9.17, 15) is 0 Å². The van der Waals surface area contributed by atoms with Crippen LogP contribution in [0.1, 0.15) is 19.5 Å². The van der Waals surface area contributed by atoms with Crippen LogP contribution in [-0.2, 0) is 0 Å². The second kappa shape index (κ2) is 4.09. The fourth-order valence-corrected chi connectivity index (χ4v) is 1.43. The van der Waals surface area contributed by atoms with Crippen molar-refractivity contribution >= 4 is 16.9 Å². The Labute approximate surface area is 71.1 Å². The average Bonchev–Trinajstić information content (AvgIpc) is 2.52. The first-order chi connectivity index (χ1) is 5.38. The van der Waals surface area contributed by atoms with Crippen molar-refractivity contribution in [2.45, 2.75) is 13.8 Å². The molecular weight excluding hydrogens is 154 g/mol. The summed E-state index contributed by atoms with van der Waals surface area (Å²) in [5.74, 6) is 0. The molecule has 0 aliphatic rings. The lowest BCUT2D eigenvalue weighted by Crippen LogP contribution is -1.77. The lowest BCUT2D eigenvalue weighted by atomic mass is 10.2. The zero-order valence-electron chi connectivity index (χ0n) is 6.74. The lowest BCUT2D eigenvalue weighted by Gasteiger charge is -1.92. The van der Waals surface area contributed by atoms with Crippen LogP contribution in [0, 0.1) is 0 Å². The predicted octanol–water partition coefficient (Wildman–Crippen LogP) is 3.12. The highest BCUT2D eigenvalue weighted by molar-refractivity contribution is 7.07. The molecule has 0 unspecified atom stereocenters. The minimum Gasteiger partial charge on any atom is -0.245 e. The van der Waals surface area contributed by atoms with Gasteiger partial charge in [-0.25, -0.2) is 4.98 Å². The van der Waals surface area contributed by atoms with Crippen LogP contribution >= 0.6 is 11.3 Å². The maximum Gasteiger partial charge on any atom is 0.0807 e. The fraction of sp³-hybridized carbons (Fsp3) is 0.222. The van der Waals surface area contributed by atoms with Gasteiger partial charge in [0.1, 0.15) is 0 Å². The monoisotopic (exact) mass is 165 g/mol. The number of nitrogens with zero attached hydrogens (tertiary/aromatic N) is 1. The topological polar surface area (TPSA) is 12.9 Å². The van der Waals surface area contributed by atoms with Crippen LogP contribution in [0.3, 0.4) is 0 Å². The van der Waals surface area contributed by atoms with Gasteiger partial charge in [0.2, 0.25) is 0 Å². The molecule has 1 rings (SSSR count). The molecule has 0 aromatic carbocycles. The second-order valence-corrected chi connectivity index (χ2v) is 2.84. The first kappa shape index (κ1) is 8.21. The average molecular weight is 165 g/mol. The number of rotatable bonds is 2. The summed E-state index contributed by atoms with van der Waals surface area (Å²) in [5, 5.41) is 2.05. The van der Waals surface area contributed by atoms with E-state index in [-0.39, 0.29) is 0 Å². The molecule has 0 bridgehead atoms. The Morgan fingerprint density at radius 3 is 2.82 bits per heavy atom. The zero-order chi connectivity index (χ0) is 8.10. The molecule has 0 aliphatic carbocycles. The highest BCUT2D eigenvalue weighted by atomic mass is 32.1. The van der Waals surface area contributed by atoms with Crippen LogP contribution in [0.2, 0.25) is 0 Å². The molecule has 58 valence electrons. The normalized spacial score (nSPS) is 12.7. The molecule has 0 aliphatic heterocycles. The van der Waals surface area contributed by atoms with Gasteiger partial charge in [-0.2, -0.15) is 0 Å². The fourth-order valence-electron chi connectivity index (χ4n) is 0.864. The maximum atomic E-state index is 4.20. The first-order valence-electron chi connectivity index (χ1n) is 3.56. The Hall–Kier alpha value is -0.890. The summed E-state index contributed by atoms with van der Waals surface area (Å²) in [6.45, 7) is 4.03. The molecule has 1 aromatic rings. The number of thiazole rings is 1. The number of hydrogen-bond acceptors (Lipinski definition) is 2. The van der Waals surface area contributed by atoms with Crippen molar-refractivity contribution < 1.29 is 0 Å². The standard InChI is InChI=1S/C9H11NS/c1-3-5-8(4-2)9-6-11-7-10-9/h3-7H,1-2H3/b5-3-,8-4+. The summed E-state index contributed by atoms with van der Waals surface area (Å²) < 4.78 is 0. The third-order valence-electron chi connectivity index (χ3n) is 1.39. The molecule has 0 fully saturated rings. The van der Waals surface area contributed by atoms with Crippen molar-refractivity contribution in [3.63, 3.8) is 0 Å². The van der Waals surface area contributed by atoms with E-state index in [0.717, 1.165) is 5.69 Å². The Balaban J connectivity index is 2.89. The summed E-state index contributed by atoms with van der Waals surface area (Å²) in [7, 11) is 0. The Bertz CT molecular complexity index is 257. The van der Waals surface area contributed by atoms with Crippen molar-refractivity contribution in [1.82, 2.24) is 4.98 Å². The third-order valence-corrected chi connectivity index (χ3v) is 1.97. The van der Waals surface area contributed by atoms with Gasteiger partial charge in [0, 0.05) is 5.38 Å². The minimum atomic E-state index is 1.07. The van der Waals surface area contributed by atoms with E-state index in [0.29, 0.717) is 0 Å². The summed E-state index contributed by atoms with van der Waals surface area (Å²) in [5.41, 5.74) is 4.10. The highest BCUT2D eigenvalue weighted by Gasteiger charge is 1.96. The van der Waals surface area contributed by atoms with Gasteiger partial charge in [-0.3, -0.25) is 0 Å². The maximum absolute atomic E-state index is 4.20. The van der Waals surface area contributed by atoms with E-state index in [1.807, 2.05) is 25.4 Å². The van der Waals surface area contributed by atoms with Crippen molar-refractivity contribution in [2.75, 3.05) is 0 Å².